The minimum atomic E-state index is -1.90. The summed E-state index contributed by atoms with van der Waals surface area (Å²) in [4.78, 5) is 24.4. The zero-order chi connectivity index (χ0) is 23.4. The number of ether oxygens (including phenoxy) is 2. The van der Waals surface area contributed by atoms with E-state index in [2.05, 4.69) is 5.32 Å². The third-order valence-electron chi connectivity index (χ3n) is 4.54. The fourth-order valence-electron chi connectivity index (χ4n) is 2.95. The Kier molecular flexibility index (Phi) is 7.38. The van der Waals surface area contributed by atoms with Crippen molar-refractivity contribution in [2.45, 2.75) is 58.0 Å². The molecule has 31 heavy (non-hydrogen) atoms. The minimum absolute atomic E-state index is 0.244. The van der Waals surface area contributed by atoms with Gasteiger partial charge in [-0.05, 0) is 70.0 Å². The van der Waals surface area contributed by atoms with Crippen LogP contribution in [0.1, 0.15) is 45.7 Å². The van der Waals surface area contributed by atoms with E-state index in [-0.39, 0.29) is 11.1 Å². The van der Waals surface area contributed by atoms with Crippen molar-refractivity contribution in [1.82, 2.24) is 5.32 Å². The molecule has 8 heteroatoms. The second kappa shape index (κ2) is 9.43. The van der Waals surface area contributed by atoms with Crippen LogP contribution in [0.5, 0.6) is 0 Å². The number of esters is 1. The van der Waals surface area contributed by atoms with E-state index in [4.69, 9.17) is 9.47 Å². The van der Waals surface area contributed by atoms with Crippen molar-refractivity contribution in [1.29, 1.82) is 0 Å². The van der Waals surface area contributed by atoms with Crippen LogP contribution < -0.4 is 5.32 Å². The quantitative estimate of drug-likeness (QED) is 0.669. The summed E-state index contributed by atoms with van der Waals surface area (Å²) in [6.07, 6.45) is -1.96. The van der Waals surface area contributed by atoms with E-state index < -0.39 is 47.0 Å². The summed E-state index contributed by atoms with van der Waals surface area (Å²) in [7, 11) is 0. The molecule has 2 aromatic rings. The molecule has 2 N–H and O–H groups in total. The van der Waals surface area contributed by atoms with Crippen LogP contribution in [0.25, 0.3) is 0 Å². The number of aliphatic hydroxyl groups is 1. The molecule has 168 valence electrons. The van der Waals surface area contributed by atoms with Crippen molar-refractivity contribution < 1.29 is 33.0 Å². The van der Waals surface area contributed by atoms with Gasteiger partial charge in [-0.25, -0.2) is 18.4 Å². The van der Waals surface area contributed by atoms with E-state index in [1.165, 1.54) is 38.1 Å². The molecule has 0 aliphatic carbocycles. The van der Waals surface area contributed by atoms with E-state index in [1.54, 1.807) is 20.8 Å². The third kappa shape index (κ3) is 6.24. The number of benzene rings is 2. The number of hydrogen-bond acceptors (Lipinski definition) is 5. The standard InChI is InChI=1S/C23H27F2NO5/c1-14(26-21(28)31-22(3,4)5)20(27)30-15(2)23(29,16-6-10-18(24)11-7-16)17-8-12-19(25)13-9-17/h6-15,29H,1-5H3,(H,26,28)/t14-,15+/m0/s1. The fraction of sp³-hybridized carbons (Fsp3) is 0.391. The molecule has 0 bridgehead atoms. The molecule has 0 heterocycles. The Hall–Kier alpha value is -3.00. The summed E-state index contributed by atoms with van der Waals surface area (Å²) < 4.78 is 37.4. The molecule has 0 radical (unpaired) electrons. The first-order valence-corrected chi connectivity index (χ1v) is 9.77. The largest absolute Gasteiger partial charge is 0.457 e. The van der Waals surface area contributed by atoms with Crippen LogP contribution >= 0.6 is 0 Å². The second-order valence-electron chi connectivity index (χ2n) is 8.23. The van der Waals surface area contributed by atoms with Crippen LogP contribution in [-0.4, -0.2) is 34.9 Å². The van der Waals surface area contributed by atoms with Gasteiger partial charge in [0.05, 0.1) is 0 Å². The molecular weight excluding hydrogens is 408 g/mol. The maximum atomic E-state index is 13.4. The van der Waals surface area contributed by atoms with Gasteiger partial charge in [-0.15, -0.1) is 0 Å². The SMILES string of the molecule is C[C@H](NC(=O)OC(C)(C)C)C(=O)O[C@H](C)C(O)(c1ccc(F)cc1)c1ccc(F)cc1. The van der Waals surface area contributed by atoms with Crippen molar-refractivity contribution in [2.75, 3.05) is 0 Å². The average Bonchev–Trinajstić information content (AvgIpc) is 2.66. The van der Waals surface area contributed by atoms with E-state index in [0.717, 1.165) is 24.3 Å². The van der Waals surface area contributed by atoms with Crippen LogP contribution in [0.4, 0.5) is 13.6 Å². The zero-order valence-corrected chi connectivity index (χ0v) is 18.1. The van der Waals surface area contributed by atoms with Crippen LogP contribution in [0, 0.1) is 11.6 Å². The number of rotatable bonds is 6. The Morgan fingerprint density at radius 2 is 1.32 bits per heavy atom. The molecule has 0 spiro atoms. The number of nitrogens with one attached hydrogen (secondary N) is 1. The van der Waals surface area contributed by atoms with Gasteiger partial charge in [-0.3, -0.25) is 0 Å². The Morgan fingerprint density at radius 1 is 0.903 bits per heavy atom. The number of hydrogen-bond donors (Lipinski definition) is 2. The van der Waals surface area contributed by atoms with Crippen molar-refractivity contribution in [3.05, 3.63) is 71.3 Å². The highest BCUT2D eigenvalue weighted by molar-refractivity contribution is 5.81. The number of halogens is 2. The molecule has 2 rings (SSSR count). The Morgan fingerprint density at radius 3 is 1.71 bits per heavy atom. The molecule has 1 amide bonds. The second-order valence-corrected chi connectivity index (χ2v) is 8.23. The monoisotopic (exact) mass is 435 g/mol. The molecule has 0 saturated heterocycles. The van der Waals surface area contributed by atoms with Gasteiger partial charge in [-0.1, -0.05) is 24.3 Å². The summed E-state index contributed by atoms with van der Waals surface area (Å²) in [5.41, 5.74) is -2.16. The molecule has 6 nitrogen and oxygen atoms in total. The van der Waals surface area contributed by atoms with Crippen molar-refractivity contribution >= 4 is 12.1 Å². The van der Waals surface area contributed by atoms with Gasteiger partial charge < -0.3 is 19.9 Å². The lowest BCUT2D eigenvalue weighted by molar-refractivity contribution is -0.162. The lowest BCUT2D eigenvalue weighted by Gasteiger charge is -2.35. The lowest BCUT2D eigenvalue weighted by Crippen LogP contribution is -2.47. The number of amides is 1. The predicted octanol–water partition coefficient (Wildman–Crippen LogP) is 4.05. The molecule has 0 unspecified atom stereocenters. The van der Waals surface area contributed by atoms with Crippen molar-refractivity contribution in [3.63, 3.8) is 0 Å². The summed E-state index contributed by atoms with van der Waals surface area (Å²) in [5, 5.41) is 13.9. The zero-order valence-electron chi connectivity index (χ0n) is 18.1. The van der Waals surface area contributed by atoms with Gasteiger partial charge in [0.25, 0.3) is 0 Å². The maximum absolute atomic E-state index is 13.4. The molecule has 0 aliphatic rings. The molecule has 0 aliphatic heterocycles. The molecule has 0 fully saturated rings. The van der Waals surface area contributed by atoms with Gasteiger partial charge in [-0.2, -0.15) is 0 Å². The van der Waals surface area contributed by atoms with E-state index in [9.17, 15) is 23.5 Å². The van der Waals surface area contributed by atoms with Crippen LogP contribution in [0.2, 0.25) is 0 Å². The molecular formula is C23H27F2NO5. The average molecular weight is 435 g/mol. The minimum Gasteiger partial charge on any atom is -0.457 e. The first-order valence-electron chi connectivity index (χ1n) is 9.77. The molecule has 0 saturated carbocycles. The summed E-state index contributed by atoms with van der Waals surface area (Å²) >= 11 is 0. The van der Waals surface area contributed by atoms with Gasteiger partial charge >= 0.3 is 12.1 Å². The van der Waals surface area contributed by atoms with Crippen molar-refractivity contribution in [2.24, 2.45) is 0 Å². The number of carbonyl (C=O) groups excluding carboxylic acids is 2. The van der Waals surface area contributed by atoms with Gasteiger partial charge in [0.1, 0.15) is 29.4 Å². The van der Waals surface area contributed by atoms with Crippen LogP contribution in [0.15, 0.2) is 48.5 Å². The van der Waals surface area contributed by atoms with Gasteiger partial charge in [0.2, 0.25) is 0 Å². The third-order valence-corrected chi connectivity index (χ3v) is 4.54. The topological polar surface area (TPSA) is 84.9 Å². The number of carbonyl (C=O) groups is 2. The highest BCUT2D eigenvalue weighted by Crippen LogP contribution is 2.35. The van der Waals surface area contributed by atoms with Crippen LogP contribution in [0.3, 0.4) is 0 Å². The Labute approximate surface area is 180 Å². The Bertz CT molecular complexity index is 862. The molecule has 2 atom stereocenters. The van der Waals surface area contributed by atoms with E-state index in [0.29, 0.717) is 0 Å². The normalized spacial score (nSPS) is 13.8. The van der Waals surface area contributed by atoms with Crippen molar-refractivity contribution in [3.8, 4) is 0 Å². The highest BCUT2D eigenvalue weighted by atomic mass is 19.1. The van der Waals surface area contributed by atoms with Crippen LogP contribution in [-0.2, 0) is 19.9 Å². The first-order chi connectivity index (χ1) is 14.3. The molecule has 2 aromatic carbocycles. The lowest BCUT2D eigenvalue weighted by atomic mass is 9.82. The number of alkyl carbamates (subject to hydrolysis) is 1. The first kappa shape index (κ1) is 24.3. The van der Waals surface area contributed by atoms with Gasteiger partial charge in [0.15, 0.2) is 5.60 Å². The summed E-state index contributed by atoms with van der Waals surface area (Å²) in [6.45, 7) is 7.91. The summed E-state index contributed by atoms with van der Waals surface area (Å²) in [6, 6.07) is 8.97. The predicted molar refractivity (Wildman–Crippen MR) is 110 cm³/mol. The highest BCUT2D eigenvalue weighted by Gasteiger charge is 2.41. The van der Waals surface area contributed by atoms with E-state index >= 15 is 0 Å². The molecule has 0 aromatic heterocycles. The van der Waals surface area contributed by atoms with E-state index in [1.807, 2.05) is 0 Å². The summed E-state index contributed by atoms with van der Waals surface area (Å²) in [5.74, 6) is -1.84. The fourth-order valence-corrected chi connectivity index (χ4v) is 2.95. The maximum Gasteiger partial charge on any atom is 0.408 e. The van der Waals surface area contributed by atoms with Gasteiger partial charge in [0, 0.05) is 0 Å². The Balaban J connectivity index is 2.26. The smallest absolute Gasteiger partial charge is 0.408 e.